The van der Waals surface area contributed by atoms with E-state index in [1.807, 2.05) is 0 Å². The average Bonchev–Trinajstić information content (AvgIpc) is 2.40. The zero-order valence-electron chi connectivity index (χ0n) is 13.1. The van der Waals surface area contributed by atoms with Crippen molar-refractivity contribution in [1.29, 1.82) is 0 Å². The fourth-order valence-electron chi connectivity index (χ4n) is 2.48. The van der Waals surface area contributed by atoms with Crippen molar-refractivity contribution in [1.82, 2.24) is 5.32 Å². The van der Waals surface area contributed by atoms with Gasteiger partial charge in [-0.3, -0.25) is 4.79 Å². The highest BCUT2D eigenvalue weighted by Crippen LogP contribution is 2.35. The van der Waals surface area contributed by atoms with Crippen LogP contribution >= 0.6 is 0 Å². The van der Waals surface area contributed by atoms with Crippen LogP contribution < -0.4 is 15.5 Å². The van der Waals surface area contributed by atoms with E-state index in [-0.39, 0.29) is 11.7 Å². The van der Waals surface area contributed by atoms with Gasteiger partial charge in [-0.1, -0.05) is 0 Å². The molecule has 0 heterocycles. The summed E-state index contributed by atoms with van der Waals surface area (Å²) in [4.78, 5) is 24.3. The number of urea groups is 1. The van der Waals surface area contributed by atoms with Gasteiger partial charge in [-0.2, -0.15) is 13.2 Å². The van der Waals surface area contributed by atoms with Crippen LogP contribution in [0.2, 0.25) is 0 Å². The summed E-state index contributed by atoms with van der Waals surface area (Å²) in [6.45, 7) is 0. The number of amides is 2. The Morgan fingerprint density at radius 3 is 2.38 bits per heavy atom. The van der Waals surface area contributed by atoms with E-state index in [4.69, 9.17) is 5.11 Å². The minimum atomic E-state index is -4.51. The van der Waals surface area contributed by atoms with Gasteiger partial charge in [-0.15, -0.1) is 0 Å². The Kier molecular flexibility index (Phi) is 4.91. The van der Waals surface area contributed by atoms with Gasteiger partial charge in [-0.05, 0) is 31.0 Å². The maximum atomic E-state index is 12.8. The molecule has 0 spiro atoms. The molecule has 1 aliphatic rings. The highest BCUT2D eigenvalue weighted by molar-refractivity contribution is 5.93. The van der Waals surface area contributed by atoms with E-state index < -0.39 is 29.7 Å². The van der Waals surface area contributed by atoms with Crippen LogP contribution in [0.25, 0.3) is 0 Å². The molecular weight excluding hydrogens is 327 g/mol. The fraction of sp³-hybridized carbons (Fsp3) is 0.467. The van der Waals surface area contributed by atoms with Crippen molar-refractivity contribution in [2.24, 2.45) is 5.92 Å². The molecule has 3 N–H and O–H groups in total. The molecule has 0 atom stereocenters. The average molecular weight is 345 g/mol. The predicted octanol–water partition coefficient (Wildman–Crippen LogP) is 2.76. The van der Waals surface area contributed by atoms with Gasteiger partial charge < -0.3 is 20.6 Å². The molecule has 1 aromatic carbocycles. The third-order valence-electron chi connectivity index (χ3n) is 3.88. The van der Waals surface area contributed by atoms with Crippen molar-refractivity contribution in [3.63, 3.8) is 0 Å². The second-order valence-electron chi connectivity index (χ2n) is 5.93. The first-order valence-electron chi connectivity index (χ1n) is 7.27. The van der Waals surface area contributed by atoms with Crippen LogP contribution in [-0.2, 0) is 11.0 Å². The Labute approximate surface area is 136 Å². The second kappa shape index (κ2) is 6.58. The number of aliphatic carboxylic acids is 1. The first-order valence-corrected chi connectivity index (χ1v) is 7.27. The van der Waals surface area contributed by atoms with Gasteiger partial charge in [0, 0.05) is 20.1 Å². The van der Waals surface area contributed by atoms with E-state index in [1.165, 1.54) is 6.07 Å². The Bertz CT molecular complexity index is 641. The van der Waals surface area contributed by atoms with Gasteiger partial charge in [0.1, 0.15) is 0 Å². The molecule has 2 amide bonds. The Balaban J connectivity index is 2.07. The summed E-state index contributed by atoms with van der Waals surface area (Å²) in [5, 5.41) is 13.8. The first-order chi connectivity index (χ1) is 11.1. The van der Waals surface area contributed by atoms with Crippen LogP contribution in [0.4, 0.5) is 29.3 Å². The van der Waals surface area contributed by atoms with Gasteiger partial charge in [0.25, 0.3) is 0 Å². The van der Waals surface area contributed by atoms with Crippen molar-refractivity contribution in [2.75, 3.05) is 24.3 Å². The molecule has 0 unspecified atom stereocenters. The number of carboxylic acid groups (broad SMARTS) is 1. The smallest absolute Gasteiger partial charge is 0.416 e. The molecule has 2 rings (SSSR count). The topological polar surface area (TPSA) is 81.7 Å². The molecule has 0 radical (unpaired) electrons. The molecule has 1 fully saturated rings. The molecular formula is C15H18F3N3O3. The summed E-state index contributed by atoms with van der Waals surface area (Å²) in [7, 11) is 3.30. The summed E-state index contributed by atoms with van der Waals surface area (Å²) in [5.74, 6) is -1.40. The molecule has 0 aromatic heterocycles. The minimum Gasteiger partial charge on any atom is -0.481 e. The number of carboxylic acids is 1. The Hall–Kier alpha value is -2.45. The maximum absolute atomic E-state index is 12.8. The first kappa shape index (κ1) is 17.9. The Morgan fingerprint density at radius 1 is 1.25 bits per heavy atom. The molecule has 0 saturated heterocycles. The summed E-state index contributed by atoms with van der Waals surface area (Å²) in [6, 6.07) is 2.14. The van der Waals surface area contributed by atoms with Crippen molar-refractivity contribution < 1.29 is 27.9 Å². The molecule has 1 aliphatic carbocycles. The largest absolute Gasteiger partial charge is 0.481 e. The quantitative estimate of drug-likeness (QED) is 0.784. The zero-order chi connectivity index (χ0) is 18.1. The van der Waals surface area contributed by atoms with E-state index in [1.54, 1.807) is 19.0 Å². The lowest BCUT2D eigenvalue weighted by Crippen LogP contribution is -2.48. The molecule has 9 heteroatoms. The molecule has 1 saturated carbocycles. The predicted molar refractivity (Wildman–Crippen MR) is 82.1 cm³/mol. The highest BCUT2D eigenvalue weighted by atomic mass is 19.4. The minimum absolute atomic E-state index is 0.0291. The lowest BCUT2D eigenvalue weighted by atomic mass is 9.80. The van der Waals surface area contributed by atoms with Gasteiger partial charge in [0.05, 0.1) is 22.9 Å². The van der Waals surface area contributed by atoms with E-state index in [9.17, 15) is 22.8 Å². The summed E-state index contributed by atoms with van der Waals surface area (Å²) in [5.41, 5.74) is -0.408. The van der Waals surface area contributed by atoms with Crippen LogP contribution in [-0.4, -0.2) is 37.2 Å². The van der Waals surface area contributed by atoms with Gasteiger partial charge >= 0.3 is 18.2 Å². The molecule has 0 bridgehead atoms. The molecule has 0 aliphatic heterocycles. The van der Waals surface area contributed by atoms with Crippen LogP contribution in [0.1, 0.15) is 18.4 Å². The van der Waals surface area contributed by atoms with Crippen LogP contribution in [0.15, 0.2) is 18.2 Å². The number of benzene rings is 1. The number of hydrogen-bond donors (Lipinski definition) is 3. The SMILES string of the molecule is CN(C)c1ccc(C(F)(F)F)cc1NC(=O)NC1CC(C(=O)O)C1. The zero-order valence-corrected chi connectivity index (χ0v) is 13.1. The van der Waals surface area contributed by atoms with E-state index in [0.717, 1.165) is 12.1 Å². The molecule has 1 aromatic rings. The molecule has 6 nitrogen and oxygen atoms in total. The van der Waals surface area contributed by atoms with Gasteiger partial charge in [0.15, 0.2) is 0 Å². The molecule has 24 heavy (non-hydrogen) atoms. The second-order valence-corrected chi connectivity index (χ2v) is 5.93. The number of hydrogen-bond acceptors (Lipinski definition) is 3. The summed E-state index contributed by atoms with van der Waals surface area (Å²) in [6.07, 6.45) is -3.89. The lowest BCUT2D eigenvalue weighted by Gasteiger charge is -2.33. The van der Waals surface area contributed by atoms with Crippen molar-refractivity contribution in [3.8, 4) is 0 Å². The standard InChI is InChI=1S/C15H18F3N3O3/c1-21(2)12-4-3-9(15(16,17)18)7-11(12)20-14(24)19-10-5-8(6-10)13(22)23/h3-4,7-8,10H,5-6H2,1-2H3,(H,22,23)(H2,19,20,24). The maximum Gasteiger partial charge on any atom is 0.416 e. The van der Waals surface area contributed by atoms with Crippen LogP contribution in [0.5, 0.6) is 0 Å². The van der Waals surface area contributed by atoms with Crippen LogP contribution in [0, 0.1) is 5.92 Å². The number of alkyl halides is 3. The number of carbonyl (C=O) groups excluding carboxylic acids is 1. The highest BCUT2D eigenvalue weighted by Gasteiger charge is 2.35. The summed E-state index contributed by atoms with van der Waals surface area (Å²) < 4.78 is 38.5. The van der Waals surface area contributed by atoms with E-state index in [0.29, 0.717) is 18.5 Å². The molecule has 132 valence electrons. The number of carbonyl (C=O) groups is 2. The normalized spacial score (nSPS) is 20.0. The number of nitrogens with zero attached hydrogens (tertiary/aromatic N) is 1. The summed E-state index contributed by atoms with van der Waals surface area (Å²) >= 11 is 0. The van der Waals surface area contributed by atoms with E-state index >= 15 is 0 Å². The van der Waals surface area contributed by atoms with Crippen molar-refractivity contribution >= 4 is 23.4 Å². The number of anilines is 2. The van der Waals surface area contributed by atoms with E-state index in [2.05, 4.69) is 10.6 Å². The fourth-order valence-corrected chi connectivity index (χ4v) is 2.48. The Morgan fingerprint density at radius 2 is 1.88 bits per heavy atom. The number of halogens is 3. The third-order valence-corrected chi connectivity index (χ3v) is 3.88. The number of nitrogens with one attached hydrogen (secondary N) is 2. The van der Waals surface area contributed by atoms with Gasteiger partial charge in [-0.25, -0.2) is 4.79 Å². The monoisotopic (exact) mass is 345 g/mol. The van der Waals surface area contributed by atoms with Crippen molar-refractivity contribution in [2.45, 2.75) is 25.1 Å². The van der Waals surface area contributed by atoms with Crippen LogP contribution in [0.3, 0.4) is 0 Å². The third kappa shape index (κ3) is 4.09. The van der Waals surface area contributed by atoms with Gasteiger partial charge in [0.2, 0.25) is 0 Å². The lowest BCUT2D eigenvalue weighted by molar-refractivity contribution is -0.145. The van der Waals surface area contributed by atoms with Crippen molar-refractivity contribution in [3.05, 3.63) is 23.8 Å². The number of rotatable bonds is 4.